The van der Waals surface area contributed by atoms with Gasteiger partial charge in [0.1, 0.15) is 0 Å². The van der Waals surface area contributed by atoms with E-state index in [0.29, 0.717) is 11.5 Å². The second-order valence-corrected chi connectivity index (χ2v) is 4.36. The Morgan fingerprint density at radius 2 is 1.90 bits per heavy atom. The summed E-state index contributed by atoms with van der Waals surface area (Å²) in [7, 11) is 0. The van der Waals surface area contributed by atoms with E-state index in [9.17, 15) is 0 Å². The highest BCUT2D eigenvalue weighted by molar-refractivity contribution is 4.77. The van der Waals surface area contributed by atoms with E-state index in [2.05, 4.69) is 13.8 Å². The van der Waals surface area contributed by atoms with E-state index in [1.165, 1.54) is 32.1 Å². The molecule has 1 unspecified atom stereocenters. The number of nitrogens with two attached hydrogens (primary N) is 1. The van der Waals surface area contributed by atoms with Gasteiger partial charge in [-0.25, -0.2) is 0 Å². The minimum absolute atomic E-state index is 0.488. The third-order valence-electron chi connectivity index (χ3n) is 2.62. The molecule has 0 saturated heterocycles. The average Bonchev–Trinajstić information content (AvgIpc) is 1.94. The fourth-order valence-electron chi connectivity index (χ4n) is 1.69. The fourth-order valence-corrected chi connectivity index (χ4v) is 1.69. The van der Waals surface area contributed by atoms with Crippen molar-refractivity contribution in [1.82, 2.24) is 0 Å². The monoisotopic (exact) mass is 141 g/mol. The molecule has 0 aromatic carbocycles. The number of hydrogen-bond acceptors (Lipinski definition) is 1. The molecular weight excluding hydrogens is 122 g/mol. The first-order valence-corrected chi connectivity index (χ1v) is 4.36. The minimum Gasteiger partial charge on any atom is -0.328 e. The Balaban J connectivity index is 2.41. The molecule has 1 rings (SSSR count). The van der Waals surface area contributed by atoms with E-state index in [1.807, 2.05) is 0 Å². The van der Waals surface area contributed by atoms with Crippen molar-refractivity contribution in [1.29, 1.82) is 0 Å². The third kappa shape index (κ3) is 2.30. The van der Waals surface area contributed by atoms with Crippen molar-refractivity contribution >= 4 is 0 Å². The van der Waals surface area contributed by atoms with E-state index in [4.69, 9.17) is 5.73 Å². The van der Waals surface area contributed by atoms with E-state index in [0.717, 1.165) is 0 Å². The molecule has 0 aromatic rings. The Labute approximate surface area is 64.0 Å². The quantitative estimate of drug-likeness (QED) is 0.515. The van der Waals surface area contributed by atoms with Gasteiger partial charge in [-0.1, -0.05) is 20.3 Å². The highest BCUT2D eigenvalue weighted by atomic mass is 14.6. The van der Waals surface area contributed by atoms with E-state index in [-0.39, 0.29) is 0 Å². The first-order valence-electron chi connectivity index (χ1n) is 4.36. The zero-order valence-corrected chi connectivity index (χ0v) is 7.19. The normalized spacial score (nSPS) is 33.3. The molecule has 1 heteroatoms. The van der Waals surface area contributed by atoms with Crippen LogP contribution in [-0.4, -0.2) is 6.04 Å². The smallest absolute Gasteiger partial charge is 0.00390 e. The molecule has 1 nitrogen and oxygen atoms in total. The second-order valence-electron chi connectivity index (χ2n) is 4.36. The van der Waals surface area contributed by atoms with Gasteiger partial charge in [-0.3, -0.25) is 0 Å². The topological polar surface area (TPSA) is 26.0 Å². The first kappa shape index (κ1) is 8.06. The Morgan fingerprint density at radius 3 is 2.60 bits per heavy atom. The largest absolute Gasteiger partial charge is 0.328 e. The van der Waals surface area contributed by atoms with Crippen LogP contribution < -0.4 is 5.73 Å². The summed E-state index contributed by atoms with van der Waals surface area (Å²) in [5.41, 5.74) is 6.42. The molecule has 60 valence electrons. The predicted octanol–water partition coefficient (Wildman–Crippen LogP) is 2.30. The van der Waals surface area contributed by atoms with Crippen LogP contribution in [0.5, 0.6) is 0 Å². The van der Waals surface area contributed by atoms with Crippen LogP contribution in [0.15, 0.2) is 0 Å². The maximum atomic E-state index is 5.86. The first-order chi connectivity index (χ1) is 4.60. The van der Waals surface area contributed by atoms with Crippen molar-refractivity contribution in [3.63, 3.8) is 0 Å². The lowest BCUT2D eigenvalue weighted by atomic mass is 9.85. The number of rotatable bonds is 0. The van der Waals surface area contributed by atoms with Crippen molar-refractivity contribution < 1.29 is 0 Å². The van der Waals surface area contributed by atoms with Crippen molar-refractivity contribution in [3.05, 3.63) is 0 Å². The van der Waals surface area contributed by atoms with Crippen LogP contribution in [0.4, 0.5) is 0 Å². The predicted molar refractivity (Wildman–Crippen MR) is 44.8 cm³/mol. The van der Waals surface area contributed by atoms with E-state index < -0.39 is 0 Å². The zero-order valence-electron chi connectivity index (χ0n) is 7.19. The molecule has 10 heavy (non-hydrogen) atoms. The van der Waals surface area contributed by atoms with Gasteiger partial charge < -0.3 is 5.73 Å². The molecule has 0 bridgehead atoms. The van der Waals surface area contributed by atoms with Gasteiger partial charge >= 0.3 is 0 Å². The second kappa shape index (κ2) is 2.91. The summed E-state index contributed by atoms with van der Waals surface area (Å²) in [4.78, 5) is 0. The van der Waals surface area contributed by atoms with Gasteiger partial charge in [-0.05, 0) is 31.1 Å². The molecule has 1 aliphatic rings. The Hall–Kier alpha value is -0.0400. The summed E-state index contributed by atoms with van der Waals surface area (Å²) >= 11 is 0. The van der Waals surface area contributed by atoms with Crippen molar-refractivity contribution in [2.24, 2.45) is 11.1 Å². The highest BCUT2D eigenvalue weighted by Gasteiger charge is 2.22. The van der Waals surface area contributed by atoms with Crippen LogP contribution in [0, 0.1) is 5.41 Å². The molecular formula is C9H19N. The molecule has 2 N–H and O–H groups in total. The summed E-state index contributed by atoms with van der Waals surface area (Å²) in [5, 5.41) is 0. The van der Waals surface area contributed by atoms with Gasteiger partial charge in [0.25, 0.3) is 0 Å². The van der Waals surface area contributed by atoms with Crippen LogP contribution in [0.1, 0.15) is 46.0 Å². The summed E-state index contributed by atoms with van der Waals surface area (Å²) in [6.07, 6.45) is 6.47. The van der Waals surface area contributed by atoms with Gasteiger partial charge in [0.15, 0.2) is 0 Å². The lowest BCUT2D eigenvalue weighted by Gasteiger charge is -2.21. The number of hydrogen-bond donors (Lipinski definition) is 1. The van der Waals surface area contributed by atoms with Crippen LogP contribution in [0.3, 0.4) is 0 Å². The summed E-state index contributed by atoms with van der Waals surface area (Å²) in [5.74, 6) is 0. The van der Waals surface area contributed by atoms with E-state index in [1.54, 1.807) is 0 Å². The Morgan fingerprint density at radius 1 is 1.20 bits per heavy atom. The van der Waals surface area contributed by atoms with Crippen LogP contribution in [0.25, 0.3) is 0 Å². The molecule has 0 amide bonds. The standard InChI is InChI=1S/C9H19N/c1-9(2)6-3-4-8(10)5-7-9/h8H,3-7,10H2,1-2H3. The molecule has 0 spiro atoms. The summed E-state index contributed by atoms with van der Waals surface area (Å²) in [6.45, 7) is 4.70. The van der Waals surface area contributed by atoms with Crippen molar-refractivity contribution in [2.45, 2.75) is 52.0 Å². The van der Waals surface area contributed by atoms with E-state index >= 15 is 0 Å². The zero-order chi connectivity index (χ0) is 7.61. The third-order valence-corrected chi connectivity index (χ3v) is 2.62. The maximum absolute atomic E-state index is 5.86. The molecule has 0 aliphatic heterocycles. The lowest BCUT2D eigenvalue weighted by Crippen LogP contribution is -2.18. The van der Waals surface area contributed by atoms with Gasteiger partial charge in [0, 0.05) is 6.04 Å². The van der Waals surface area contributed by atoms with Crippen LogP contribution in [0.2, 0.25) is 0 Å². The molecule has 0 aromatic heterocycles. The Kier molecular flexibility index (Phi) is 2.35. The maximum Gasteiger partial charge on any atom is 0.00390 e. The van der Waals surface area contributed by atoms with Crippen LogP contribution in [-0.2, 0) is 0 Å². The molecule has 0 radical (unpaired) electrons. The van der Waals surface area contributed by atoms with Crippen LogP contribution >= 0.6 is 0 Å². The highest BCUT2D eigenvalue weighted by Crippen LogP contribution is 2.32. The molecule has 1 fully saturated rings. The average molecular weight is 141 g/mol. The summed E-state index contributed by atoms with van der Waals surface area (Å²) < 4.78 is 0. The lowest BCUT2D eigenvalue weighted by molar-refractivity contribution is 0.313. The van der Waals surface area contributed by atoms with Crippen molar-refractivity contribution in [3.8, 4) is 0 Å². The van der Waals surface area contributed by atoms with Gasteiger partial charge in [-0.15, -0.1) is 0 Å². The van der Waals surface area contributed by atoms with Gasteiger partial charge in [0.05, 0.1) is 0 Å². The van der Waals surface area contributed by atoms with Gasteiger partial charge in [0.2, 0.25) is 0 Å². The fraction of sp³-hybridized carbons (Fsp3) is 1.00. The Bertz CT molecular complexity index is 107. The minimum atomic E-state index is 0.488. The van der Waals surface area contributed by atoms with Gasteiger partial charge in [-0.2, -0.15) is 0 Å². The SMILES string of the molecule is CC1(C)CCCC(N)CC1. The molecule has 1 saturated carbocycles. The summed E-state index contributed by atoms with van der Waals surface area (Å²) in [6, 6.07) is 0.488. The molecule has 1 atom stereocenters. The van der Waals surface area contributed by atoms with Crippen molar-refractivity contribution in [2.75, 3.05) is 0 Å². The molecule has 1 aliphatic carbocycles. The molecule has 0 heterocycles.